The molecule has 0 bridgehead atoms. The first-order chi connectivity index (χ1) is 13.8. The number of H-pyrrole nitrogens is 1. The highest BCUT2D eigenvalue weighted by molar-refractivity contribution is 7.99. The molecular formula is C20H26N6OS. The molecular weight excluding hydrogens is 372 g/mol. The van der Waals surface area contributed by atoms with Gasteiger partial charge in [0.1, 0.15) is 0 Å². The predicted octanol–water partition coefficient (Wildman–Crippen LogP) is 3.43. The SMILES string of the molecule is O=c1[nH]c2ccccc2n1CCCSc1nnc(N2CCCCC2)n1C1CC1. The number of imidazole rings is 1. The summed E-state index contributed by atoms with van der Waals surface area (Å²) in [5, 5.41) is 10.1. The molecule has 1 aliphatic heterocycles. The number of piperidine rings is 1. The van der Waals surface area contributed by atoms with E-state index in [1.807, 2.05) is 28.8 Å². The van der Waals surface area contributed by atoms with Gasteiger partial charge in [-0.25, -0.2) is 4.79 Å². The third kappa shape index (κ3) is 3.45. The average Bonchev–Trinajstić information content (AvgIpc) is 3.40. The smallest absolute Gasteiger partial charge is 0.326 e. The van der Waals surface area contributed by atoms with Crippen molar-refractivity contribution in [3.8, 4) is 0 Å². The molecule has 0 atom stereocenters. The number of para-hydroxylation sites is 2. The second-order valence-electron chi connectivity index (χ2n) is 7.73. The lowest BCUT2D eigenvalue weighted by molar-refractivity contribution is 0.548. The Morgan fingerprint density at radius 2 is 1.93 bits per heavy atom. The lowest BCUT2D eigenvalue weighted by Gasteiger charge is -2.27. The summed E-state index contributed by atoms with van der Waals surface area (Å²) >= 11 is 1.77. The number of benzene rings is 1. The van der Waals surface area contributed by atoms with Crippen molar-refractivity contribution in [1.82, 2.24) is 24.3 Å². The number of anilines is 1. The van der Waals surface area contributed by atoms with Crippen LogP contribution in [0.1, 0.15) is 44.6 Å². The standard InChI is InChI=1S/C20H26N6OS/c27-19-21-16-7-2-3-8-17(16)25(19)13-6-14-28-20-23-22-18(26(20)15-9-10-15)24-11-4-1-5-12-24/h2-3,7-8,15H,1,4-6,9-14H2,(H,21,27). The molecule has 1 saturated carbocycles. The lowest BCUT2D eigenvalue weighted by atomic mass is 10.1. The maximum Gasteiger partial charge on any atom is 0.326 e. The van der Waals surface area contributed by atoms with Gasteiger partial charge < -0.3 is 9.88 Å². The maximum atomic E-state index is 12.2. The summed E-state index contributed by atoms with van der Waals surface area (Å²) < 4.78 is 4.20. The van der Waals surface area contributed by atoms with E-state index in [0.29, 0.717) is 12.6 Å². The van der Waals surface area contributed by atoms with E-state index in [0.717, 1.165) is 47.4 Å². The normalized spacial score (nSPS) is 17.5. The summed E-state index contributed by atoms with van der Waals surface area (Å²) in [6.45, 7) is 2.91. The molecule has 0 amide bonds. The summed E-state index contributed by atoms with van der Waals surface area (Å²) in [5.41, 5.74) is 1.85. The van der Waals surface area contributed by atoms with Crippen molar-refractivity contribution in [1.29, 1.82) is 0 Å². The molecule has 0 unspecified atom stereocenters. The van der Waals surface area contributed by atoms with Crippen LogP contribution in [-0.4, -0.2) is 43.2 Å². The number of aromatic nitrogens is 5. The summed E-state index contributed by atoms with van der Waals surface area (Å²) in [5.74, 6) is 1.99. The summed E-state index contributed by atoms with van der Waals surface area (Å²) in [7, 11) is 0. The van der Waals surface area contributed by atoms with Gasteiger partial charge in [0.2, 0.25) is 5.95 Å². The van der Waals surface area contributed by atoms with Crippen molar-refractivity contribution in [2.75, 3.05) is 23.7 Å². The van der Waals surface area contributed by atoms with Crippen molar-refractivity contribution in [3.63, 3.8) is 0 Å². The summed E-state index contributed by atoms with van der Waals surface area (Å²) in [6.07, 6.45) is 7.21. The monoisotopic (exact) mass is 398 g/mol. The number of hydrogen-bond donors (Lipinski definition) is 1. The molecule has 2 fully saturated rings. The second-order valence-corrected chi connectivity index (χ2v) is 8.79. The van der Waals surface area contributed by atoms with Crippen LogP contribution in [0.15, 0.2) is 34.2 Å². The Morgan fingerprint density at radius 1 is 1.11 bits per heavy atom. The molecule has 5 rings (SSSR count). The van der Waals surface area contributed by atoms with Crippen LogP contribution in [0.2, 0.25) is 0 Å². The number of aromatic amines is 1. The van der Waals surface area contributed by atoms with Gasteiger partial charge in [0.05, 0.1) is 11.0 Å². The molecule has 7 nitrogen and oxygen atoms in total. The van der Waals surface area contributed by atoms with Gasteiger partial charge in [-0.05, 0) is 50.7 Å². The van der Waals surface area contributed by atoms with Gasteiger partial charge in [-0.15, -0.1) is 10.2 Å². The van der Waals surface area contributed by atoms with Crippen molar-refractivity contribution < 1.29 is 0 Å². The Kier molecular flexibility index (Phi) is 4.88. The first-order valence-electron chi connectivity index (χ1n) is 10.3. The first kappa shape index (κ1) is 17.8. The number of nitrogens with one attached hydrogen (secondary N) is 1. The van der Waals surface area contributed by atoms with Crippen LogP contribution in [0.25, 0.3) is 11.0 Å². The third-order valence-electron chi connectivity index (χ3n) is 5.64. The van der Waals surface area contributed by atoms with Gasteiger partial charge in [0.15, 0.2) is 5.16 Å². The van der Waals surface area contributed by atoms with Crippen LogP contribution in [0, 0.1) is 0 Å². The van der Waals surface area contributed by atoms with Crippen molar-refractivity contribution >= 4 is 28.7 Å². The van der Waals surface area contributed by atoms with Crippen LogP contribution in [0.3, 0.4) is 0 Å². The molecule has 1 aromatic carbocycles. The Labute approximate surface area is 168 Å². The Morgan fingerprint density at radius 3 is 2.75 bits per heavy atom. The Bertz CT molecular complexity index is 1010. The molecule has 2 aliphatic rings. The fourth-order valence-corrected chi connectivity index (χ4v) is 4.97. The van der Waals surface area contributed by atoms with E-state index in [9.17, 15) is 4.79 Å². The zero-order valence-electron chi connectivity index (χ0n) is 16.0. The molecule has 8 heteroatoms. The number of rotatable bonds is 7. The van der Waals surface area contributed by atoms with Gasteiger partial charge in [-0.1, -0.05) is 23.9 Å². The molecule has 0 radical (unpaired) electrons. The quantitative estimate of drug-likeness (QED) is 0.488. The molecule has 1 aliphatic carbocycles. The van der Waals surface area contributed by atoms with Gasteiger partial charge in [-0.3, -0.25) is 9.13 Å². The van der Waals surface area contributed by atoms with Crippen LogP contribution in [0.5, 0.6) is 0 Å². The molecule has 3 aromatic rings. The Hall–Kier alpha value is -2.22. The molecule has 1 N–H and O–H groups in total. The van der Waals surface area contributed by atoms with E-state index >= 15 is 0 Å². The molecule has 3 heterocycles. The van der Waals surface area contributed by atoms with Crippen LogP contribution in [-0.2, 0) is 6.54 Å². The number of hydrogen-bond acceptors (Lipinski definition) is 5. The fourth-order valence-electron chi connectivity index (χ4n) is 4.04. The van der Waals surface area contributed by atoms with Crippen molar-refractivity contribution in [2.45, 2.75) is 56.3 Å². The zero-order chi connectivity index (χ0) is 18.9. The molecule has 28 heavy (non-hydrogen) atoms. The highest BCUT2D eigenvalue weighted by Gasteiger charge is 2.31. The van der Waals surface area contributed by atoms with Gasteiger partial charge in [0, 0.05) is 31.4 Å². The maximum absolute atomic E-state index is 12.2. The van der Waals surface area contributed by atoms with Crippen molar-refractivity contribution in [3.05, 3.63) is 34.7 Å². The van der Waals surface area contributed by atoms with E-state index in [1.165, 1.54) is 32.1 Å². The third-order valence-corrected chi connectivity index (χ3v) is 6.67. The Balaban J connectivity index is 1.25. The van der Waals surface area contributed by atoms with Gasteiger partial charge >= 0.3 is 5.69 Å². The average molecular weight is 399 g/mol. The highest BCUT2D eigenvalue weighted by atomic mass is 32.2. The van der Waals surface area contributed by atoms with E-state index in [-0.39, 0.29) is 5.69 Å². The molecule has 2 aromatic heterocycles. The molecule has 1 saturated heterocycles. The van der Waals surface area contributed by atoms with E-state index < -0.39 is 0 Å². The van der Waals surface area contributed by atoms with Crippen LogP contribution in [0.4, 0.5) is 5.95 Å². The number of nitrogens with zero attached hydrogens (tertiary/aromatic N) is 5. The number of fused-ring (bicyclic) bond motifs is 1. The van der Waals surface area contributed by atoms with Crippen LogP contribution >= 0.6 is 11.8 Å². The van der Waals surface area contributed by atoms with Gasteiger partial charge in [0.25, 0.3) is 0 Å². The van der Waals surface area contributed by atoms with E-state index in [4.69, 9.17) is 0 Å². The lowest BCUT2D eigenvalue weighted by Crippen LogP contribution is -2.31. The minimum absolute atomic E-state index is 0.0280. The zero-order valence-corrected chi connectivity index (χ0v) is 16.8. The topological polar surface area (TPSA) is 71.7 Å². The number of aryl methyl sites for hydroxylation is 1. The molecule has 148 valence electrons. The summed E-state index contributed by atoms with van der Waals surface area (Å²) in [6, 6.07) is 8.44. The minimum atomic E-state index is -0.0280. The van der Waals surface area contributed by atoms with Crippen LogP contribution < -0.4 is 10.6 Å². The van der Waals surface area contributed by atoms with E-state index in [2.05, 4.69) is 24.6 Å². The minimum Gasteiger partial charge on any atom is -0.341 e. The highest BCUT2D eigenvalue weighted by Crippen LogP contribution is 2.41. The molecule has 0 spiro atoms. The van der Waals surface area contributed by atoms with E-state index in [1.54, 1.807) is 11.8 Å². The van der Waals surface area contributed by atoms with Gasteiger partial charge in [-0.2, -0.15) is 0 Å². The summed E-state index contributed by atoms with van der Waals surface area (Å²) in [4.78, 5) is 17.5. The largest absolute Gasteiger partial charge is 0.341 e. The van der Waals surface area contributed by atoms with Crippen molar-refractivity contribution in [2.24, 2.45) is 0 Å². The first-order valence-corrected chi connectivity index (χ1v) is 11.3. The fraction of sp³-hybridized carbons (Fsp3) is 0.550. The second kappa shape index (κ2) is 7.66. The number of thioether (sulfide) groups is 1. The predicted molar refractivity (Wildman–Crippen MR) is 112 cm³/mol.